The lowest BCUT2D eigenvalue weighted by Gasteiger charge is -2.12. The van der Waals surface area contributed by atoms with E-state index in [4.69, 9.17) is 9.84 Å². The molecule has 0 aliphatic rings. The van der Waals surface area contributed by atoms with E-state index in [1.165, 1.54) is 7.11 Å². The summed E-state index contributed by atoms with van der Waals surface area (Å²) in [6, 6.07) is 7.61. The predicted octanol–water partition coefficient (Wildman–Crippen LogP) is 2.34. The van der Waals surface area contributed by atoms with Gasteiger partial charge in [0.25, 0.3) is 0 Å². The fourth-order valence-corrected chi connectivity index (χ4v) is 1.79. The average Bonchev–Trinajstić information content (AvgIpc) is 2.20. The quantitative estimate of drug-likeness (QED) is 0.895. The number of methoxy groups -OCH3 is 1. The molecule has 0 aliphatic heterocycles. The molecule has 1 aromatic rings. The van der Waals surface area contributed by atoms with Gasteiger partial charge < -0.3 is 9.84 Å². The molecular formula is C11H13BrO3. The first-order valence-corrected chi connectivity index (χ1v) is 5.39. The zero-order valence-electron chi connectivity index (χ0n) is 8.44. The third-order valence-electron chi connectivity index (χ3n) is 2.14. The fraction of sp³-hybridized carbons (Fsp3) is 0.364. The fourth-order valence-electron chi connectivity index (χ4n) is 1.35. The Morgan fingerprint density at radius 1 is 1.53 bits per heavy atom. The minimum atomic E-state index is -0.826. The second-order valence-corrected chi connectivity index (χ2v) is 4.14. The molecule has 1 N–H and O–H groups in total. The van der Waals surface area contributed by atoms with E-state index in [9.17, 15) is 4.79 Å². The van der Waals surface area contributed by atoms with Gasteiger partial charge in [-0.3, -0.25) is 4.79 Å². The van der Waals surface area contributed by atoms with Crippen LogP contribution in [0, 0.1) is 5.92 Å². The summed E-state index contributed by atoms with van der Waals surface area (Å²) >= 11 is 3.39. The Balaban J connectivity index is 2.74. The van der Waals surface area contributed by atoms with E-state index in [-0.39, 0.29) is 6.61 Å². The number of benzene rings is 1. The number of carboxylic acid groups (broad SMARTS) is 1. The summed E-state index contributed by atoms with van der Waals surface area (Å²) in [5.41, 5.74) is 0.988. The highest BCUT2D eigenvalue weighted by Gasteiger charge is 2.18. The van der Waals surface area contributed by atoms with Gasteiger partial charge in [0.15, 0.2) is 0 Å². The number of carboxylic acids is 1. The highest BCUT2D eigenvalue weighted by atomic mass is 79.9. The summed E-state index contributed by atoms with van der Waals surface area (Å²) in [6.45, 7) is 0.233. The van der Waals surface area contributed by atoms with E-state index in [1.807, 2.05) is 24.3 Å². The van der Waals surface area contributed by atoms with Crippen LogP contribution in [0.4, 0.5) is 0 Å². The number of rotatable bonds is 5. The molecule has 82 valence electrons. The van der Waals surface area contributed by atoms with Crippen molar-refractivity contribution in [2.75, 3.05) is 13.7 Å². The van der Waals surface area contributed by atoms with Crippen LogP contribution < -0.4 is 0 Å². The normalized spacial score (nSPS) is 12.4. The van der Waals surface area contributed by atoms with Gasteiger partial charge in [0.1, 0.15) is 0 Å². The molecule has 0 aromatic heterocycles. The summed E-state index contributed by atoms with van der Waals surface area (Å²) in [5, 5.41) is 8.96. The van der Waals surface area contributed by atoms with Crippen molar-refractivity contribution in [3.05, 3.63) is 34.3 Å². The van der Waals surface area contributed by atoms with Crippen LogP contribution in [-0.2, 0) is 16.0 Å². The summed E-state index contributed by atoms with van der Waals surface area (Å²) in [6.07, 6.45) is 0.477. The number of carbonyl (C=O) groups is 1. The molecule has 0 saturated carbocycles. The van der Waals surface area contributed by atoms with E-state index in [1.54, 1.807) is 0 Å². The molecule has 0 bridgehead atoms. The molecular weight excluding hydrogens is 260 g/mol. The van der Waals surface area contributed by atoms with Crippen molar-refractivity contribution in [2.24, 2.45) is 5.92 Å². The van der Waals surface area contributed by atoms with Crippen LogP contribution in [-0.4, -0.2) is 24.8 Å². The molecule has 3 nitrogen and oxygen atoms in total. The van der Waals surface area contributed by atoms with Crippen molar-refractivity contribution in [1.82, 2.24) is 0 Å². The van der Waals surface area contributed by atoms with Crippen LogP contribution in [0.5, 0.6) is 0 Å². The van der Waals surface area contributed by atoms with Crippen molar-refractivity contribution in [3.8, 4) is 0 Å². The van der Waals surface area contributed by atoms with Crippen molar-refractivity contribution >= 4 is 21.9 Å². The maximum atomic E-state index is 10.9. The number of hydrogen-bond donors (Lipinski definition) is 1. The molecule has 0 aliphatic carbocycles. The Kier molecular flexibility index (Phi) is 4.78. The molecule has 1 unspecified atom stereocenters. The van der Waals surface area contributed by atoms with Crippen molar-refractivity contribution in [3.63, 3.8) is 0 Å². The summed E-state index contributed by atoms with van der Waals surface area (Å²) in [7, 11) is 1.51. The van der Waals surface area contributed by atoms with Gasteiger partial charge >= 0.3 is 5.97 Å². The smallest absolute Gasteiger partial charge is 0.309 e. The van der Waals surface area contributed by atoms with Gasteiger partial charge in [0, 0.05) is 11.6 Å². The van der Waals surface area contributed by atoms with Gasteiger partial charge in [0.05, 0.1) is 12.5 Å². The zero-order valence-corrected chi connectivity index (χ0v) is 10.0. The van der Waals surface area contributed by atoms with E-state index in [0.29, 0.717) is 6.42 Å². The Hall–Kier alpha value is -0.870. The van der Waals surface area contributed by atoms with Gasteiger partial charge in [-0.1, -0.05) is 34.1 Å². The maximum absolute atomic E-state index is 10.9. The Morgan fingerprint density at radius 2 is 2.20 bits per heavy atom. The topological polar surface area (TPSA) is 46.5 Å². The SMILES string of the molecule is COCC(Cc1ccccc1Br)C(=O)O. The largest absolute Gasteiger partial charge is 0.481 e. The number of ether oxygens (including phenoxy) is 1. The van der Waals surface area contributed by atoms with Crippen LogP contribution in [0.25, 0.3) is 0 Å². The van der Waals surface area contributed by atoms with Crippen LogP contribution in [0.1, 0.15) is 5.56 Å². The van der Waals surface area contributed by atoms with E-state index >= 15 is 0 Å². The first kappa shape index (κ1) is 12.2. The highest BCUT2D eigenvalue weighted by molar-refractivity contribution is 9.10. The lowest BCUT2D eigenvalue weighted by Crippen LogP contribution is -2.21. The van der Waals surface area contributed by atoms with Crippen molar-refractivity contribution < 1.29 is 14.6 Å². The highest BCUT2D eigenvalue weighted by Crippen LogP contribution is 2.19. The van der Waals surface area contributed by atoms with Crippen molar-refractivity contribution in [2.45, 2.75) is 6.42 Å². The second-order valence-electron chi connectivity index (χ2n) is 3.29. The molecule has 0 saturated heterocycles. The molecule has 15 heavy (non-hydrogen) atoms. The number of hydrogen-bond acceptors (Lipinski definition) is 2. The van der Waals surface area contributed by atoms with Gasteiger partial charge in [-0.25, -0.2) is 0 Å². The van der Waals surface area contributed by atoms with Crippen molar-refractivity contribution in [1.29, 1.82) is 0 Å². The van der Waals surface area contributed by atoms with Gasteiger partial charge in [-0.05, 0) is 18.1 Å². The molecule has 0 heterocycles. The summed E-state index contributed by atoms with van der Waals surface area (Å²) < 4.78 is 5.82. The van der Waals surface area contributed by atoms with Crippen LogP contribution >= 0.6 is 15.9 Å². The maximum Gasteiger partial charge on any atom is 0.309 e. The second kappa shape index (κ2) is 5.88. The average molecular weight is 273 g/mol. The Labute approximate surface area is 97.2 Å². The lowest BCUT2D eigenvalue weighted by atomic mass is 10.0. The first-order chi connectivity index (χ1) is 7.15. The van der Waals surface area contributed by atoms with Crippen LogP contribution in [0.15, 0.2) is 28.7 Å². The molecule has 4 heteroatoms. The molecule has 0 amide bonds. The minimum absolute atomic E-state index is 0.233. The van der Waals surface area contributed by atoms with Gasteiger partial charge in [0.2, 0.25) is 0 Å². The molecule has 1 aromatic carbocycles. The Bertz CT molecular complexity index is 338. The monoisotopic (exact) mass is 272 g/mol. The minimum Gasteiger partial charge on any atom is -0.481 e. The first-order valence-electron chi connectivity index (χ1n) is 4.60. The van der Waals surface area contributed by atoms with Gasteiger partial charge in [-0.2, -0.15) is 0 Å². The summed E-state index contributed by atoms with van der Waals surface area (Å²) in [4.78, 5) is 10.9. The van der Waals surface area contributed by atoms with Crippen LogP contribution in [0.2, 0.25) is 0 Å². The molecule has 1 rings (SSSR count). The van der Waals surface area contributed by atoms with Crippen LogP contribution in [0.3, 0.4) is 0 Å². The molecule has 1 atom stereocenters. The molecule has 0 radical (unpaired) electrons. The number of halogens is 1. The van der Waals surface area contributed by atoms with E-state index < -0.39 is 11.9 Å². The van der Waals surface area contributed by atoms with E-state index in [2.05, 4.69) is 15.9 Å². The third-order valence-corrected chi connectivity index (χ3v) is 2.91. The summed E-state index contributed by atoms with van der Waals surface area (Å²) in [5.74, 6) is -1.32. The van der Waals surface area contributed by atoms with Gasteiger partial charge in [-0.15, -0.1) is 0 Å². The predicted molar refractivity (Wildman–Crippen MR) is 60.8 cm³/mol. The third kappa shape index (κ3) is 3.64. The number of aliphatic carboxylic acids is 1. The molecule has 0 spiro atoms. The Morgan fingerprint density at radius 3 is 2.73 bits per heavy atom. The lowest BCUT2D eigenvalue weighted by molar-refractivity contribution is -0.143. The zero-order chi connectivity index (χ0) is 11.3. The van der Waals surface area contributed by atoms with E-state index in [0.717, 1.165) is 10.0 Å². The molecule has 0 fully saturated rings. The standard InChI is InChI=1S/C11H13BrO3/c1-15-7-9(11(13)14)6-8-4-2-3-5-10(8)12/h2-5,9H,6-7H2,1H3,(H,13,14).